The zero-order valence-corrected chi connectivity index (χ0v) is 13.0. The minimum Gasteiger partial charge on any atom is -0.388 e. The van der Waals surface area contributed by atoms with Crippen LogP contribution in [-0.4, -0.2) is 29.6 Å². The molecule has 18 heavy (non-hydrogen) atoms. The topological polar surface area (TPSA) is 23.5 Å². The van der Waals surface area contributed by atoms with Gasteiger partial charge in [0.15, 0.2) is 0 Å². The average molecular weight is 314 g/mol. The number of rotatable bonds is 8. The highest BCUT2D eigenvalue weighted by Crippen LogP contribution is 2.20. The number of hydrogen-bond donors (Lipinski definition) is 1. The SMILES string of the molecule is CCCN(CCC)CCC(O)c1cccc(Br)c1. The second-order valence-corrected chi connectivity index (χ2v) is 5.62. The Balaban J connectivity index is 2.46. The van der Waals surface area contributed by atoms with Gasteiger partial charge in [0, 0.05) is 11.0 Å². The largest absolute Gasteiger partial charge is 0.388 e. The second-order valence-electron chi connectivity index (χ2n) is 4.70. The maximum Gasteiger partial charge on any atom is 0.0802 e. The molecule has 0 saturated heterocycles. The third-order valence-electron chi connectivity index (χ3n) is 3.03. The van der Waals surface area contributed by atoms with Crippen LogP contribution in [0.25, 0.3) is 0 Å². The van der Waals surface area contributed by atoms with Gasteiger partial charge in [-0.05, 0) is 50.0 Å². The summed E-state index contributed by atoms with van der Waals surface area (Å²) in [7, 11) is 0. The number of hydrogen-bond acceptors (Lipinski definition) is 2. The average Bonchev–Trinajstić information content (AvgIpc) is 2.36. The molecule has 102 valence electrons. The van der Waals surface area contributed by atoms with E-state index in [1.807, 2.05) is 24.3 Å². The lowest BCUT2D eigenvalue weighted by molar-refractivity contribution is 0.141. The van der Waals surface area contributed by atoms with Crippen molar-refractivity contribution >= 4 is 15.9 Å². The fourth-order valence-electron chi connectivity index (χ4n) is 2.15. The molecule has 1 rings (SSSR count). The van der Waals surface area contributed by atoms with Crippen LogP contribution < -0.4 is 0 Å². The highest BCUT2D eigenvalue weighted by atomic mass is 79.9. The molecule has 0 aliphatic rings. The van der Waals surface area contributed by atoms with Crippen LogP contribution in [0, 0.1) is 0 Å². The lowest BCUT2D eigenvalue weighted by Crippen LogP contribution is -2.27. The van der Waals surface area contributed by atoms with E-state index in [0.29, 0.717) is 0 Å². The van der Waals surface area contributed by atoms with E-state index in [0.717, 1.165) is 36.1 Å². The minimum atomic E-state index is -0.362. The zero-order valence-electron chi connectivity index (χ0n) is 11.4. The molecule has 0 aliphatic carbocycles. The Bertz CT molecular complexity index is 337. The predicted molar refractivity (Wildman–Crippen MR) is 80.7 cm³/mol. The van der Waals surface area contributed by atoms with Gasteiger partial charge in [-0.2, -0.15) is 0 Å². The van der Waals surface area contributed by atoms with E-state index in [9.17, 15) is 5.11 Å². The van der Waals surface area contributed by atoms with E-state index in [1.54, 1.807) is 0 Å². The van der Waals surface area contributed by atoms with Gasteiger partial charge < -0.3 is 10.0 Å². The number of nitrogens with zero attached hydrogens (tertiary/aromatic N) is 1. The molecule has 1 aromatic rings. The highest BCUT2D eigenvalue weighted by Gasteiger charge is 2.10. The van der Waals surface area contributed by atoms with Crippen LogP contribution in [-0.2, 0) is 0 Å². The Kier molecular flexibility index (Phi) is 7.56. The molecule has 0 heterocycles. The van der Waals surface area contributed by atoms with Gasteiger partial charge in [-0.15, -0.1) is 0 Å². The molecule has 1 unspecified atom stereocenters. The lowest BCUT2D eigenvalue weighted by Gasteiger charge is -2.22. The maximum atomic E-state index is 10.2. The Labute approximate surface area is 119 Å². The Morgan fingerprint density at radius 3 is 2.39 bits per heavy atom. The Morgan fingerprint density at radius 2 is 1.83 bits per heavy atom. The Morgan fingerprint density at radius 1 is 1.17 bits per heavy atom. The van der Waals surface area contributed by atoms with E-state index < -0.39 is 0 Å². The molecule has 1 atom stereocenters. The summed E-state index contributed by atoms with van der Waals surface area (Å²) in [4.78, 5) is 2.43. The van der Waals surface area contributed by atoms with Crippen molar-refractivity contribution in [2.45, 2.75) is 39.2 Å². The van der Waals surface area contributed by atoms with Crippen molar-refractivity contribution < 1.29 is 5.11 Å². The second kappa shape index (κ2) is 8.68. The molecule has 0 aromatic heterocycles. The van der Waals surface area contributed by atoms with Crippen LogP contribution in [0.15, 0.2) is 28.7 Å². The molecule has 3 heteroatoms. The molecule has 0 bridgehead atoms. The quantitative estimate of drug-likeness (QED) is 0.784. The summed E-state index contributed by atoms with van der Waals surface area (Å²) in [6.07, 6.45) is 2.79. The number of aliphatic hydroxyl groups is 1. The maximum absolute atomic E-state index is 10.2. The van der Waals surface area contributed by atoms with Crippen molar-refractivity contribution in [1.29, 1.82) is 0 Å². The molecular weight excluding hydrogens is 290 g/mol. The van der Waals surface area contributed by atoms with Crippen molar-refractivity contribution in [3.05, 3.63) is 34.3 Å². The summed E-state index contributed by atoms with van der Waals surface area (Å²) in [6, 6.07) is 7.93. The van der Waals surface area contributed by atoms with Gasteiger partial charge in [-0.25, -0.2) is 0 Å². The van der Waals surface area contributed by atoms with Gasteiger partial charge in [0.25, 0.3) is 0 Å². The molecule has 0 spiro atoms. The third-order valence-corrected chi connectivity index (χ3v) is 3.53. The van der Waals surface area contributed by atoms with Crippen molar-refractivity contribution in [3.8, 4) is 0 Å². The summed E-state index contributed by atoms with van der Waals surface area (Å²) >= 11 is 3.44. The number of halogens is 1. The van der Waals surface area contributed by atoms with Crippen LogP contribution in [0.5, 0.6) is 0 Å². The van der Waals surface area contributed by atoms with Gasteiger partial charge in [0.1, 0.15) is 0 Å². The normalized spacial score (nSPS) is 12.9. The van der Waals surface area contributed by atoms with Gasteiger partial charge in [-0.1, -0.05) is 41.9 Å². The molecule has 0 radical (unpaired) electrons. The first-order valence-corrected chi connectivity index (χ1v) is 7.62. The first-order chi connectivity index (χ1) is 8.67. The van der Waals surface area contributed by atoms with Crippen LogP contribution in [0.2, 0.25) is 0 Å². The molecule has 1 aromatic carbocycles. The van der Waals surface area contributed by atoms with E-state index in [1.165, 1.54) is 12.8 Å². The van der Waals surface area contributed by atoms with Crippen LogP contribution >= 0.6 is 15.9 Å². The molecule has 1 N–H and O–H groups in total. The van der Waals surface area contributed by atoms with E-state index in [2.05, 4.69) is 34.7 Å². The molecule has 0 saturated carbocycles. The fourth-order valence-corrected chi connectivity index (χ4v) is 2.57. The molecule has 0 fully saturated rings. The van der Waals surface area contributed by atoms with Crippen molar-refractivity contribution in [2.24, 2.45) is 0 Å². The standard InChI is InChI=1S/C15H24BrNO/c1-3-9-17(10-4-2)11-8-15(18)13-6-5-7-14(16)12-13/h5-7,12,15,18H,3-4,8-11H2,1-2H3. The summed E-state index contributed by atoms with van der Waals surface area (Å²) in [6.45, 7) is 7.62. The third kappa shape index (κ3) is 5.51. The van der Waals surface area contributed by atoms with E-state index in [4.69, 9.17) is 0 Å². The smallest absolute Gasteiger partial charge is 0.0802 e. The summed E-state index contributed by atoms with van der Waals surface area (Å²) in [5.74, 6) is 0. The summed E-state index contributed by atoms with van der Waals surface area (Å²) in [5, 5.41) is 10.2. The Hall–Kier alpha value is -0.380. The van der Waals surface area contributed by atoms with Crippen LogP contribution in [0.3, 0.4) is 0 Å². The van der Waals surface area contributed by atoms with E-state index in [-0.39, 0.29) is 6.10 Å². The van der Waals surface area contributed by atoms with Crippen molar-refractivity contribution in [1.82, 2.24) is 4.90 Å². The van der Waals surface area contributed by atoms with Crippen molar-refractivity contribution in [2.75, 3.05) is 19.6 Å². The highest BCUT2D eigenvalue weighted by molar-refractivity contribution is 9.10. The first-order valence-electron chi connectivity index (χ1n) is 6.83. The molecular formula is C15H24BrNO. The number of aliphatic hydroxyl groups excluding tert-OH is 1. The molecule has 0 amide bonds. The monoisotopic (exact) mass is 313 g/mol. The predicted octanol–water partition coefficient (Wildman–Crippen LogP) is 3.99. The molecule has 0 aliphatic heterocycles. The zero-order chi connectivity index (χ0) is 13.4. The first kappa shape index (κ1) is 15.7. The van der Waals surface area contributed by atoms with Gasteiger partial charge in [0.05, 0.1) is 6.10 Å². The van der Waals surface area contributed by atoms with Gasteiger partial charge in [-0.3, -0.25) is 0 Å². The summed E-state index contributed by atoms with van der Waals surface area (Å²) in [5.41, 5.74) is 0.998. The van der Waals surface area contributed by atoms with Crippen LogP contribution in [0.4, 0.5) is 0 Å². The number of benzene rings is 1. The van der Waals surface area contributed by atoms with Gasteiger partial charge in [0.2, 0.25) is 0 Å². The lowest BCUT2D eigenvalue weighted by atomic mass is 10.1. The minimum absolute atomic E-state index is 0.362. The fraction of sp³-hybridized carbons (Fsp3) is 0.600. The van der Waals surface area contributed by atoms with Gasteiger partial charge >= 0.3 is 0 Å². The molecule has 2 nitrogen and oxygen atoms in total. The van der Waals surface area contributed by atoms with E-state index >= 15 is 0 Å². The van der Waals surface area contributed by atoms with Crippen LogP contribution in [0.1, 0.15) is 44.8 Å². The van der Waals surface area contributed by atoms with Crippen molar-refractivity contribution in [3.63, 3.8) is 0 Å². The summed E-state index contributed by atoms with van der Waals surface area (Å²) < 4.78 is 1.03.